The SMILES string of the molecule is CCOCCc1cccc2[nH]c(NC3CCCCN3c3cc(-n4cnnn4)cc(C(=O)CCN4CCC(c5ccc(Cl)c(Cl)c5)C4)c3OCC)nc12. The number of carbonyl (C=O) groups excluding carboxylic acids is 1. The van der Waals surface area contributed by atoms with Gasteiger partial charge in [0.25, 0.3) is 0 Å². The lowest BCUT2D eigenvalue weighted by molar-refractivity contribution is 0.0965. The fourth-order valence-corrected chi connectivity index (χ4v) is 7.72. The molecule has 2 N–H and O–H groups in total. The summed E-state index contributed by atoms with van der Waals surface area (Å²) in [5.41, 5.74) is 6.28. The van der Waals surface area contributed by atoms with Gasteiger partial charge in [0, 0.05) is 32.7 Å². The zero-order valence-corrected chi connectivity index (χ0v) is 31.2. The van der Waals surface area contributed by atoms with E-state index in [0.29, 0.717) is 71.7 Å². The van der Waals surface area contributed by atoms with Gasteiger partial charge in [-0.05, 0) is 110 Å². The maximum Gasteiger partial charge on any atom is 0.202 e. The maximum absolute atomic E-state index is 14.2. The van der Waals surface area contributed by atoms with Crippen LogP contribution in [0.5, 0.6) is 5.75 Å². The van der Waals surface area contributed by atoms with Gasteiger partial charge in [0.1, 0.15) is 12.5 Å². The Hall–Kier alpha value is -4.23. The van der Waals surface area contributed by atoms with Crippen molar-refractivity contribution in [3.63, 3.8) is 0 Å². The van der Waals surface area contributed by atoms with Crippen molar-refractivity contribution in [3.8, 4) is 11.4 Å². The highest BCUT2D eigenvalue weighted by molar-refractivity contribution is 6.42. The van der Waals surface area contributed by atoms with Crippen molar-refractivity contribution in [1.29, 1.82) is 0 Å². The Kier molecular flexibility index (Phi) is 11.6. The average Bonchev–Trinajstić information content (AvgIpc) is 3.95. The summed E-state index contributed by atoms with van der Waals surface area (Å²) in [4.78, 5) is 27.3. The first-order valence-corrected chi connectivity index (χ1v) is 19.0. The number of hydrogen-bond donors (Lipinski definition) is 2. The summed E-state index contributed by atoms with van der Waals surface area (Å²) in [5, 5.41) is 16.7. The highest BCUT2D eigenvalue weighted by Gasteiger charge is 2.31. The van der Waals surface area contributed by atoms with Crippen LogP contribution in [0.2, 0.25) is 10.0 Å². The zero-order chi connectivity index (χ0) is 36.0. The number of aromatic nitrogens is 6. The van der Waals surface area contributed by atoms with E-state index in [1.54, 1.807) is 11.0 Å². The quantitative estimate of drug-likeness (QED) is 0.0832. The second-order valence-electron chi connectivity index (χ2n) is 13.4. The van der Waals surface area contributed by atoms with Crippen LogP contribution >= 0.6 is 23.2 Å². The summed E-state index contributed by atoms with van der Waals surface area (Å²) in [6.07, 6.45) is 6.51. The lowest BCUT2D eigenvalue weighted by atomic mass is 9.98. The van der Waals surface area contributed by atoms with Gasteiger partial charge in [0.15, 0.2) is 11.5 Å². The average molecular weight is 747 g/mol. The van der Waals surface area contributed by atoms with Gasteiger partial charge in [-0.2, -0.15) is 0 Å². The first kappa shape index (κ1) is 36.1. The van der Waals surface area contributed by atoms with Gasteiger partial charge in [-0.3, -0.25) is 4.79 Å². The molecule has 0 saturated carbocycles. The number of imidazole rings is 1. The highest BCUT2D eigenvalue weighted by atomic mass is 35.5. The number of tetrazole rings is 1. The monoisotopic (exact) mass is 745 g/mol. The van der Waals surface area contributed by atoms with Crippen LogP contribution < -0.4 is 15.0 Å². The van der Waals surface area contributed by atoms with Crippen molar-refractivity contribution in [2.24, 2.45) is 0 Å². The van der Waals surface area contributed by atoms with E-state index >= 15 is 0 Å². The van der Waals surface area contributed by atoms with Crippen molar-refractivity contribution in [2.75, 3.05) is 56.2 Å². The third-order valence-electron chi connectivity index (χ3n) is 10.0. The van der Waals surface area contributed by atoms with Crippen molar-refractivity contribution in [2.45, 2.75) is 64.5 Å². The summed E-state index contributed by atoms with van der Waals surface area (Å²) >= 11 is 12.5. The number of aromatic amines is 1. The molecule has 2 aliphatic heterocycles. The molecule has 2 fully saturated rings. The number of anilines is 2. The molecule has 52 heavy (non-hydrogen) atoms. The third kappa shape index (κ3) is 8.05. The molecule has 2 unspecified atom stereocenters. The van der Waals surface area contributed by atoms with Crippen LogP contribution in [0, 0.1) is 0 Å². The van der Waals surface area contributed by atoms with E-state index in [9.17, 15) is 4.79 Å². The summed E-state index contributed by atoms with van der Waals surface area (Å²) in [6, 6.07) is 15.9. The molecule has 274 valence electrons. The Morgan fingerprint density at radius 2 is 1.94 bits per heavy atom. The molecule has 3 aromatic carbocycles. The molecule has 14 heteroatoms. The number of ketones is 1. The van der Waals surface area contributed by atoms with Crippen LogP contribution in [0.1, 0.15) is 73.4 Å². The predicted octanol–water partition coefficient (Wildman–Crippen LogP) is 7.31. The number of halogens is 2. The van der Waals surface area contributed by atoms with E-state index in [-0.39, 0.29) is 11.9 Å². The van der Waals surface area contributed by atoms with E-state index in [2.05, 4.69) is 41.7 Å². The second-order valence-corrected chi connectivity index (χ2v) is 14.2. The minimum Gasteiger partial charge on any atom is -0.491 e. The Morgan fingerprint density at radius 3 is 2.75 bits per heavy atom. The number of para-hydroxylation sites is 1. The van der Waals surface area contributed by atoms with E-state index in [1.165, 1.54) is 5.56 Å². The van der Waals surface area contributed by atoms with Crippen LogP contribution in [0.4, 0.5) is 11.6 Å². The molecular weight excluding hydrogens is 701 g/mol. The van der Waals surface area contributed by atoms with E-state index in [4.69, 9.17) is 37.7 Å². The normalized spacial score (nSPS) is 18.0. The second kappa shape index (κ2) is 16.6. The maximum atomic E-state index is 14.2. The first-order chi connectivity index (χ1) is 25.4. The fourth-order valence-electron chi connectivity index (χ4n) is 7.41. The van der Waals surface area contributed by atoms with Gasteiger partial charge >= 0.3 is 0 Å². The van der Waals surface area contributed by atoms with Crippen LogP contribution in [-0.4, -0.2) is 93.0 Å². The molecule has 5 aromatic rings. The molecule has 0 spiro atoms. The van der Waals surface area contributed by atoms with Gasteiger partial charge in [-0.25, -0.2) is 9.67 Å². The van der Waals surface area contributed by atoms with Gasteiger partial charge < -0.3 is 29.6 Å². The number of likely N-dealkylation sites (tertiary alicyclic amines) is 1. The summed E-state index contributed by atoms with van der Waals surface area (Å²) in [6.45, 7) is 8.88. The third-order valence-corrected chi connectivity index (χ3v) is 10.8. The molecular formula is C38H45Cl2N9O3. The van der Waals surface area contributed by atoms with Crippen LogP contribution in [0.15, 0.2) is 54.9 Å². The molecule has 2 aliphatic rings. The highest BCUT2D eigenvalue weighted by Crippen LogP contribution is 2.40. The summed E-state index contributed by atoms with van der Waals surface area (Å²) < 4.78 is 13.6. The molecule has 2 atom stereocenters. The van der Waals surface area contributed by atoms with Crippen LogP contribution in [0.3, 0.4) is 0 Å². The number of nitrogens with one attached hydrogen (secondary N) is 2. The van der Waals surface area contributed by atoms with E-state index < -0.39 is 0 Å². The van der Waals surface area contributed by atoms with Crippen molar-refractivity contribution in [1.82, 2.24) is 35.1 Å². The van der Waals surface area contributed by atoms with Crippen LogP contribution in [0.25, 0.3) is 16.7 Å². The van der Waals surface area contributed by atoms with Crippen molar-refractivity contribution >= 4 is 51.7 Å². The molecule has 0 radical (unpaired) electrons. The number of ether oxygens (including phenoxy) is 2. The fraction of sp³-hybridized carbons (Fsp3) is 0.447. The molecule has 12 nitrogen and oxygen atoms in total. The molecule has 0 bridgehead atoms. The number of carbonyl (C=O) groups is 1. The largest absolute Gasteiger partial charge is 0.491 e. The minimum atomic E-state index is -0.102. The number of H-pyrrole nitrogens is 1. The Balaban J connectivity index is 1.15. The zero-order valence-electron chi connectivity index (χ0n) is 29.7. The predicted molar refractivity (Wildman–Crippen MR) is 204 cm³/mol. The Bertz CT molecular complexity index is 1990. The van der Waals surface area contributed by atoms with Crippen LogP contribution in [-0.2, 0) is 11.2 Å². The molecule has 7 rings (SSSR count). The van der Waals surface area contributed by atoms with Gasteiger partial charge in [-0.15, -0.1) is 5.10 Å². The molecule has 0 amide bonds. The number of nitrogens with zero attached hydrogens (tertiary/aromatic N) is 7. The van der Waals surface area contributed by atoms with Crippen molar-refractivity contribution in [3.05, 3.63) is 81.6 Å². The Labute approximate surface area is 313 Å². The minimum absolute atomic E-state index is 0.0102. The molecule has 2 saturated heterocycles. The van der Waals surface area contributed by atoms with Gasteiger partial charge in [-0.1, -0.05) is 41.4 Å². The van der Waals surface area contributed by atoms with E-state index in [1.807, 2.05) is 56.3 Å². The number of fused-ring (bicyclic) bond motifs is 1. The number of hydrogen-bond acceptors (Lipinski definition) is 10. The lowest BCUT2D eigenvalue weighted by Gasteiger charge is -2.39. The number of Topliss-reactive ketones (excluding diaryl/α,β-unsaturated/α-hetero) is 1. The van der Waals surface area contributed by atoms with Gasteiger partial charge in [0.05, 0.1) is 51.2 Å². The number of benzene rings is 3. The topological polar surface area (TPSA) is 126 Å². The standard InChI is InChI=1S/C38H45Cl2N9O3/c1-3-51-19-15-25-8-7-9-32-36(25)44-38(42-32)43-35-10-5-6-16-48(35)33-22-28(49-24-41-45-46-49)21-29(37(33)52-4-2)34(50)14-18-47-17-13-27(23-47)26-11-12-30(39)31(40)20-26/h7-9,11-12,20-22,24,27,35H,3-6,10,13-19,23H2,1-2H3,(H2,42,43,44). The number of rotatable bonds is 15. The van der Waals surface area contributed by atoms with Crippen molar-refractivity contribution < 1.29 is 14.3 Å². The molecule has 4 heterocycles. The summed E-state index contributed by atoms with van der Waals surface area (Å²) in [7, 11) is 0. The smallest absolute Gasteiger partial charge is 0.202 e. The number of piperidine rings is 1. The lowest BCUT2D eigenvalue weighted by Crippen LogP contribution is -2.45. The first-order valence-electron chi connectivity index (χ1n) is 18.2. The van der Waals surface area contributed by atoms with Gasteiger partial charge in [0.2, 0.25) is 5.95 Å². The van der Waals surface area contributed by atoms with E-state index in [0.717, 1.165) is 74.0 Å². The molecule has 2 aromatic heterocycles. The Morgan fingerprint density at radius 1 is 1.04 bits per heavy atom. The summed E-state index contributed by atoms with van der Waals surface area (Å²) in [5.74, 6) is 1.63. The molecule has 0 aliphatic carbocycles.